The van der Waals surface area contributed by atoms with Crippen molar-refractivity contribution in [1.82, 2.24) is 5.32 Å². The molecule has 1 heterocycles. The largest absolute Gasteiger partial charge is 0.352 e. The average Bonchev–Trinajstić information content (AvgIpc) is 2.38. The van der Waals surface area contributed by atoms with Crippen LogP contribution in [0.3, 0.4) is 0 Å². The molecule has 1 aliphatic heterocycles. The Morgan fingerprint density at radius 1 is 1.40 bits per heavy atom. The smallest absolute Gasteiger partial charge is 0.158 e. The number of hydrogen-bond donors (Lipinski definition) is 1. The summed E-state index contributed by atoms with van der Waals surface area (Å²) in [6.45, 7) is 3.31. The third kappa shape index (κ3) is 2.60. The quantitative estimate of drug-likeness (QED) is 0.851. The highest BCUT2D eigenvalue weighted by atomic mass is 35.5. The fourth-order valence-corrected chi connectivity index (χ4v) is 2.99. The van der Waals surface area contributed by atoms with Crippen LogP contribution in [0, 0.1) is 17.2 Å². The molecule has 5 heteroatoms. The lowest BCUT2D eigenvalue weighted by molar-refractivity contribution is -0.114. The molecular formula is C15H13ClN2OS. The number of nitrogens with one attached hydrogen (secondary N) is 1. The summed E-state index contributed by atoms with van der Waals surface area (Å²) < 4.78 is 0. The van der Waals surface area contributed by atoms with Crippen LogP contribution < -0.4 is 5.32 Å². The lowest BCUT2D eigenvalue weighted by Gasteiger charge is -2.32. The summed E-state index contributed by atoms with van der Waals surface area (Å²) in [4.78, 5) is 12.4. The zero-order chi connectivity index (χ0) is 14.9. The van der Waals surface area contributed by atoms with Crippen molar-refractivity contribution >= 4 is 34.6 Å². The first-order valence-corrected chi connectivity index (χ1v) is 6.92. The molecule has 2 rings (SSSR count). The van der Waals surface area contributed by atoms with Crippen molar-refractivity contribution in [3.8, 4) is 6.07 Å². The maximum absolute atomic E-state index is 12.0. The first kappa shape index (κ1) is 14.7. The normalized spacial score (nSPS) is 22.2. The first-order chi connectivity index (χ1) is 9.45. The summed E-state index contributed by atoms with van der Waals surface area (Å²) in [6, 6.07) is 9.38. The molecule has 102 valence electrons. The molecule has 0 fully saturated rings. The van der Waals surface area contributed by atoms with Gasteiger partial charge in [-0.15, -0.1) is 0 Å². The zero-order valence-electron chi connectivity index (χ0n) is 11.1. The zero-order valence-corrected chi connectivity index (χ0v) is 12.7. The van der Waals surface area contributed by atoms with Gasteiger partial charge in [0.2, 0.25) is 0 Å². The van der Waals surface area contributed by atoms with Gasteiger partial charge < -0.3 is 5.32 Å². The van der Waals surface area contributed by atoms with E-state index < -0.39 is 5.92 Å². The fourth-order valence-electron chi connectivity index (χ4n) is 2.53. The standard InChI is InChI=1S/C15H13ClN2OS/c1-8-13(9(2)19)14(12(7-17)15(20)18-8)10-3-5-11(16)6-4-10/h3-6,12,14H,1-2H3,(H,18,20)/t12-,14+/m0/s1. The second kappa shape index (κ2) is 5.74. The Labute approximate surface area is 128 Å². The lowest BCUT2D eigenvalue weighted by Crippen LogP contribution is -2.39. The van der Waals surface area contributed by atoms with Crippen molar-refractivity contribution in [3.63, 3.8) is 0 Å². The molecule has 0 aromatic heterocycles. The number of hydrogen-bond acceptors (Lipinski definition) is 3. The van der Waals surface area contributed by atoms with Gasteiger partial charge in [-0.3, -0.25) is 4.79 Å². The van der Waals surface area contributed by atoms with Crippen LogP contribution in [0.4, 0.5) is 0 Å². The van der Waals surface area contributed by atoms with Crippen molar-refractivity contribution in [1.29, 1.82) is 5.26 Å². The molecule has 20 heavy (non-hydrogen) atoms. The minimum atomic E-state index is -0.547. The average molecular weight is 305 g/mol. The predicted octanol–water partition coefficient (Wildman–Crippen LogP) is 3.36. The van der Waals surface area contributed by atoms with Crippen LogP contribution in [0.25, 0.3) is 0 Å². The molecule has 0 saturated heterocycles. The monoisotopic (exact) mass is 304 g/mol. The number of carbonyl (C=O) groups is 1. The van der Waals surface area contributed by atoms with Crippen LogP contribution in [0.15, 0.2) is 35.5 Å². The summed E-state index contributed by atoms with van der Waals surface area (Å²) >= 11 is 11.1. The van der Waals surface area contributed by atoms with E-state index in [4.69, 9.17) is 23.8 Å². The van der Waals surface area contributed by atoms with E-state index in [1.807, 2.05) is 12.1 Å². The van der Waals surface area contributed by atoms with Gasteiger partial charge in [0.15, 0.2) is 5.78 Å². The van der Waals surface area contributed by atoms with E-state index >= 15 is 0 Å². The van der Waals surface area contributed by atoms with Gasteiger partial charge in [0.05, 0.1) is 11.1 Å². The Kier molecular flexibility index (Phi) is 4.22. The van der Waals surface area contributed by atoms with Gasteiger partial charge in [0, 0.05) is 22.2 Å². The maximum Gasteiger partial charge on any atom is 0.158 e. The Bertz CT molecular complexity index is 643. The molecule has 0 bridgehead atoms. The summed E-state index contributed by atoms with van der Waals surface area (Å²) in [5.41, 5.74) is 2.19. The van der Waals surface area contributed by atoms with Crippen LogP contribution in [-0.2, 0) is 4.79 Å². The number of carbonyl (C=O) groups excluding carboxylic acids is 1. The summed E-state index contributed by atoms with van der Waals surface area (Å²) in [6.07, 6.45) is 0. The van der Waals surface area contributed by atoms with E-state index in [1.54, 1.807) is 19.1 Å². The number of benzene rings is 1. The van der Waals surface area contributed by atoms with Crippen molar-refractivity contribution in [2.24, 2.45) is 5.92 Å². The van der Waals surface area contributed by atoms with E-state index in [0.717, 1.165) is 5.56 Å². The third-order valence-corrected chi connectivity index (χ3v) is 4.00. The van der Waals surface area contributed by atoms with Gasteiger partial charge in [0.25, 0.3) is 0 Å². The van der Waals surface area contributed by atoms with E-state index in [0.29, 0.717) is 21.3 Å². The van der Waals surface area contributed by atoms with Gasteiger partial charge in [-0.05, 0) is 31.5 Å². The number of halogens is 1. The molecule has 0 unspecified atom stereocenters. The van der Waals surface area contributed by atoms with E-state index in [9.17, 15) is 10.1 Å². The number of Topliss-reactive ketones (excluding diaryl/α,β-unsaturated/α-hetero) is 1. The molecule has 3 nitrogen and oxygen atoms in total. The van der Waals surface area contributed by atoms with Gasteiger partial charge in [0.1, 0.15) is 5.92 Å². The summed E-state index contributed by atoms with van der Waals surface area (Å²) in [5, 5.41) is 13.0. The molecule has 0 aliphatic carbocycles. The van der Waals surface area contributed by atoms with Crippen molar-refractivity contribution in [3.05, 3.63) is 46.1 Å². The Balaban J connectivity index is 2.61. The van der Waals surface area contributed by atoms with Crippen molar-refractivity contribution in [2.45, 2.75) is 19.8 Å². The highest BCUT2D eigenvalue weighted by molar-refractivity contribution is 7.80. The predicted molar refractivity (Wildman–Crippen MR) is 82.4 cm³/mol. The Hall–Kier alpha value is -1.70. The molecule has 0 saturated carbocycles. The van der Waals surface area contributed by atoms with Crippen LogP contribution in [0.5, 0.6) is 0 Å². The molecule has 2 atom stereocenters. The van der Waals surface area contributed by atoms with Gasteiger partial charge in [-0.2, -0.15) is 5.26 Å². The highest BCUT2D eigenvalue weighted by Crippen LogP contribution is 2.37. The number of nitriles is 1. The number of nitrogens with zero attached hydrogens (tertiary/aromatic N) is 1. The van der Waals surface area contributed by atoms with Gasteiger partial charge in [-0.1, -0.05) is 36.0 Å². The topological polar surface area (TPSA) is 52.9 Å². The fraction of sp³-hybridized carbons (Fsp3) is 0.267. The third-order valence-electron chi connectivity index (χ3n) is 3.39. The molecule has 0 radical (unpaired) electrons. The number of thiocarbonyl (C=S) groups is 1. The van der Waals surface area contributed by atoms with E-state index in [1.165, 1.54) is 6.92 Å². The number of rotatable bonds is 2. The minimum Gasteiger partial charge on any atom is -0.352 e. The van der Waals surface area contributed by atoms with Crippen LogP contribution in [0.1, 0.15) is 25.3 Å². The minimum absolute atomic E-state index is 0.0577. The second-order valence-corrected chi connectivity index (χ2v) is 5.60. The van der Waals surface area contributed by atoms with Crippen LogP contribution in [-0.4, -0.2) is 10.8 Å². The van der Waals surface area contributed by atoms with Crippen molar-refractivity contribution < 1.29 is 4.79 Å². The van der Waals surface area contributed by atoms with E-state index in [2.05, 4.69) is 11.4 Å². The van der Waals surface area contributed by atoms with Crippen LogP contribution >= 0.6 is 23.8 Å². The Morgan fingerprint density at radius 3 is 2.50 bits per heavy atom. The highest BCUT2D eigenvalue weighted by Gasteiger charge is 2.37. The molecule has 1 N–H and O–H groups in total. The maximum atomic E-state index is 12.0. The SMILES string of the molecule is CC(=O)C1=C(C)NC(=S)[C@@H](C#N)[C@H]1c1ccc(Cl)cc1. The molecule has 0 amide bonds. The summed E-state index contributed by atoms with van der Waals surface area (Å²) in [5.74, 6) is -0.949. The molecule has 0 spiro atoms. The Morgan fingerprint density at radius 2 is 2.00 bits per heavy atom. The second-order valence-electron chi connectivity index (χ2n) is 4.72. The number of allylic oxidation sites excluding steroid dienone is 2. The van der Waals surface area contributed by atoms with E-state index in [-0.39, 0.29) is 11.7 Å². The lowest BCUT2D eigenvalue weighted by atomic mass is 9.76. The van der Waals surface area contributed by atoms with Crippen molar-refractivity contribution in [2.75, 3.05) is 0 Å². The van der Waals surface area contributed by atoms with Crippen LogP contribution in [0.2, 0.25) is 5.02 Å². The molecular weight excluding hydrogens is 292 g/mol. The van der Waals surface area contributed by atoms with Gasteiger partial charge >= 0.3 is 0 Å². The van der Waals surface area contributed by atoms with Gasteiger partial charge in [-0.25, -0.2) is 0 Å². The molecule has 1 aliphatic rings. The number of ketones is 1. The molecule has 1 aromatic rings. The molecule has 1 aromatic carbocycles. The first-order valence-electron chi connectivity index (χ1n) is 6.13. The summed E-state index contributed by atoms with van der Waals surface area (Å²) in [7, 11) is 0.